The van der Waals surface area contributed by atoms with E-state index in [9.17, 15) is 5.21 Å². The van der Waals surface area contributed by atoms with E-state index < -0.39 is 0 Å². The van der Waals surface area contributed by atoms with Crippen LogP contribution in [0.4, 0.5) is 0 Å². The second kappa shape index (κ2) is 8.30. The van der Waals surface area contributed by atoms with Crippen molar-refractivity contribution in [2.24, 2.45) is 5.16 Å². The fourth-order valence-corrected chi connectivity index (χ4v) is 4.44. The van der Waals surface area contributed by atoms with Crippen LogP contribution >= 0.6 is 0 Å². The monoisotopic (exact) mass is 415 g/mol. The Balaban J connectivity index is 1.35. The van der Waals surface area contributed by atoms with E-state index in [0.717, 1.165) is 40.3 Å². The number of aromatic nitrogens is 1. The molecule has 0 aliphatic heterocycles. The molecular formula is C25H25N3O3. The van der Waals surface area contributed by atoms with Crippen molar-refractivity contribution in [1.82, 2.24) is 9.88 Å². The highest BCUT2D eigenvalue weighted by atomic mass is 16.5. The molecule has 6 nitrogen and oxygen atoms in total. The molecule has 1 N–H and O–H groups in total. The summed E-state index contributed by atoms with van der Waals surface area (Å²) in [5, 5.41) is 15.2. The number of hydrogen-bond acceptors (Lipinski definition) is 5. The summed E-state index contributed by atoms with van der Waals surface area (Å²) in [4.78, 5) is 6.50. The lowest BCUT2D eigenvalue weighted by Crippen LogP contribution is -2.38. The zero-order valence-corrected chi connectivity index (χ0v) is 17.5. The number of hydrogen-bond donors (Lipinski definition) is 1. The van der Waals surface area contributed by atoms with Crippen molar-refractivity contribution in [2.45, 2.75) is 38.1 Å². The van der Waals surface area contributed by atoms with Gasteiger partial charge in [-0.15, -0.1) is 0 Å². The number of ether oxygens (including phenoxy) is 1. The van der Waals surface area contributed by atoms with Crippen LogP contribution in [0.2, 0.25) is 0 Å². The maximum absolute atomic E-state index is 9.63. The molecule has 0 bridgehead atoms. The van der Waals surface area contributed by atoms with Crippen LogP contribution in [-0.4, -0.2) is 34.0 Å². The van der Waals surface area contributed by atoms with Gasteiger partial charge in [0.05, 0.1) is 0 Å². The van der Waals surface area contributed by atoms with Crippen LogP contribution < -0.4 is 4.74 Å². The predicted molar refractivity (Wildman–Crippen MR) is 121 cm³/mol. The van der Waals surface area contributed by atoms with Crippen LogP contribution in [-0.2, 0) is 0 Å². The average Bonchev–Trinajstić information content (AvgIpc) is 3.19. The SMILES string of the molecule is CN(/C(=N\O)c1ccc(Oc2ccc3oc4ccccc4c3c2)nc1)C1CCCCC1. The first-order chi connectivity index (χ1) is 15.2. The van der Waals surface area contributed by atoms with Crippen molar-refractivity contribution < 1.29 is 14.4 Å². The first-order valence-corrected chi connectivity index (χ1v) is 10.7. The van der Waals surface area contributed by atoms with Crippen molar-refractivity contribution in [2.75, 3.05) is 7.05 Å². The highest BCUT2D eigenvalue weighted by molar-refractivity contribution is 6.05. The van der Waals surface area contributed by atoms with Crippen molar-refractivity contribution in [3.63, 3.8) is 0 Å². The summed E-state index contributed by atoms with van der Waals surface area (Å²) in [6.45, 7) is 0. The van der Waals surface area contributed by atoms with Crippen LogP contribution in [0.25, 0.3) is 21.9 Å². The summed E-state index contributed by atoms with van der Waals surface area (Å²) in [5.41, 5.74) is 2.45. The van der Waals surface area contributed by atoms with Crippen LogP contribution in [0.1, 0.15) is 37.7 Å². The predicted octanol–water partition coefficient (Wildman–Crippen LogP) is 6.17. The molecule has 0 atom stereocenters. The smallest absolute Gasteiger partial charge is 0.219 e. The standard InChI is InChI=1S/C25H25N3O3/c1-28(18-7-3-2-4-8-18)25(27-29)17-11-14-24(26-16-17)30-19-12-13-23-21(15-19)20-9-5-6-10-22(20)31-23/h5-6,9-16,18,29H,2-4,7-8H2,1H3/b27-25-. The minimum atomic E-state index is 0.395. The molecule has 0 unspecified atom stereocenters. The van der Waals surface area contributed by atoms with Crippen molar-refractivity contribution in [3.8, 4) is 11.6 Å². The van der Waals surface area contributed by atoms with Crippen molar-refractivity contribution in [1.29, 1.82) is 0 Å². The summed E-state index contributed by atoms with van der Waals surface area (Å²) in [5.74, 6) is 1.71. The van der Waals surface area contributed by atoms with Crippen LogP contribution in [0, 0.1) is 0 Å². The fraction of sp³-hybridized carbons (Fsp3) is 0.280. The van der Waals surface area contributed by atoms with Gasteiger partial charge in [-0.25, -0.2) is 4.98 Å². The molecule has 0 spiro atoms. The maximum Gasteiger partial charge on any atom is 0.219 e. The zero-order valence-electron chi connectivity index (χ0n) is 17.5. The van der Waals surface area contributed by atoms with E-state index in [1.54, 1.807) is 12.3 Å². The van der Waals surface area contributed by atoms with E-state index in [1.807, 2.05) is 55.6 Å². The molecule has 31 heavy (non-hydrogen) atoms. The third-order valence-corrected chi connectivity index (χ3v) is 6.12. The Morgan fingerprint density at radius 2 is 1.84 bits per heavy atom. The minimum Gasteiger partial charge on any atom is -0.456 e. The Kier molecular flexibility index (Phi) is 5.20. The molecule has 1 saturated carbocycles. The number of amidine groups is 1. The number of rotatable bonds is 4. The molecule has 158 valence electrons. The Labute approximate surface area is 180 Å². The summed E-state index contributed by atoms with van der Waals surface area (Å²) in [6.07, 6.45) is 7.65. The summed E-state index contributed by atoms with van der Waals surface area (Å²) in [7, 11) is 1.99. The Morgan fingerprint density at radius 1 is 1.03 bits per heavy atom. The average molecular weight is 415 g/mol. The van der Waals surface area contributed by atoms with E-state index in [2.05, 4.69) is 15.0 Å². The van der Waals surface area contributed by atoms with Gasteiger partial charge in [-0.2, -0.15) is 0 Å². The lowest BCUT2D eigenvalue weighted by molar-refractivity contribution is 0.256. The normalized spacial score (nSPS) is 15.5. The molecule has 0 radical (unpaired) electrons. The number of pyridine rings is 1. The Morgan fingerprint density at radius 3 is 2.61 bits per heavy atom. The van der Waals surface area contributed by atoms with E-state index in [4.69, 9.17) is 9.15 Å². The highest BCUT2D eigenvalue weighted by Crippen LogP contribution is 2.32. The first-order valence-electron chi connectivity index (χ1n) is 10.7. The molecule has 1 aliphatic rings. The van der Waals surface area contributed by atoms with Gasteiger partial charge in [0.2, 0.25) is 5.88 Å². The topological polar surface area (TPSA) is 71.1 Å². The molecule has 2 aromatic heterocycles. The van der Waals surface area contributed by atoms with Gasteiger partial charge in [-0.05, 0) is 43.2 Å². The number of furan rings is 1. The van der Waals surface area contributed by atoms with Crippen LogP contribution in [0.3, 0.4) is 0 Å². The quantitative estimate of drug-likeness (QED) is 0.187. The molecule has 6 heteroatoms. The second-order valence-corrected chi connectivity index (χ2v) is 8.07. The number of nitrogens with zero attached hydrogens (tertiary/aromatic N) is 3. The molecule has 4 aromatic rings. The largest absolute Gasteiger partial charge is 0.456 e. The number of oxime groups is 1. The van der Waals surface area contributed by atoms with Gasteiger partial charge < -0.3 is 19.3 Å². The minimum absolute atomic E-state index is 0.395. The lowest BCUT2D eigenvalue weighted by Gasteiger charge is -2.32. The van der Waals surface area contributed by atoms with E-state index in [0.29, 0.717) is 23.5 Å². The summed E-state index contributed by atoms with van der Waals surface area (Å²) < 4.78 is 11.9. The van der Waals surface area contributed by atoms with Gasteiger partial charge in [0, 0.05) is 41.7 Å². The number of fused-ring (bicyclic) bond motifs is 3. The highest BCUT2D eigenvalue weighted by Gasteiger charge is 2.22. The van der Waals surface area contributed by atoms with Crippen molar-refractivity contribution in [3.05, 3.63) is 66.4 Å². The summed E-state index contributed by atoms with van der Waals surface area (Å²) in [6, 6.07) is 17.8. The maximum atomic E-state index is 9.63. The number of para-hydroxylation sites is 1. The molecule has 1 fully saturated rings. The first kappa shape index (κ1) is 19.4. The molecule has 2 heterocycles. The molecular weight excluding hydrogens is 390 g/mol. The van der Waals surface area contributed by atoms with E-state index in [1.165, 1.54) is 19.3 Å². The van der Waals surface area contributed by atoms with Gasteiger partial charge in [0.15, 0.2) is 5.84 Å². The second-order valence-electron chi connectivity index (χ2n) is 8.07. The van der Waals surface area contributed by atoms with Gasteiger partial charge in [0.1, 0.15) is 16.9 Å². The summed E-state index contributed by atoms with van der Waals surface area (Å²) >= 11 is 0. The van der Waals surface area contributed by atoms with Crippen molar-refractivity contribution >= 4 is 27.8 Å². The van der Waals surface area contributed by atoms with Crippen LogP contribution in [0.5, 0.6) is 11.6 Å². The van der Waals surface area contributed by atoms with Crippen LogP contribution in [0.15, 0.2) is 70.4 Å². The number of benzene rings is 2. The fourth-order valence-electron chi connectivity index (χ4n) is 4.44. The lowest BCUT2D eigenvalue weighted by atomic mass is 9.94. The third-order valence-electron chi connectivity index (χ3n) is 6.12. The molecule has 1 aliphatic carbocycles. The molecule has 2 aromatic carbocycles. The van der Waals surface area contributed by atoms with Gasteiger partial charge in [0.25, 0.3) is 0 Å². The van der Waals surface area contributed by atoms with E-state index >= 15 is 0 Å². The van der Waals surface area contributed by atoms with Gasteiger partial charge in [-0.3, -0.25) is 0 Å². The molecule has 0 amide bonds. The molecule has 0 saturated heterocycles. The Bertz CT molecular complexity index is 1220. The van der Waals surface area contributed by atoms with Gasteiger partial charge >= 0.3 is 0 Å². The third kappa shape index (κ3) is 3.81. The Hall–Kier alpha value is -3.54. The van der Waals surface area contributed by atoms with Gasteiger partial charge in [-0.1, -0.05) is 42.6 Å². The zero-order chi connectivity index (χ0) is 21.2. The van der Waals surface area contributed by atoms with E-state index in [-0.39, 0.29) is 0 Å². The molecule has 5 rings (SSSR count).